The molecule has 0 N–H and O–H groups in total. The minimum atomic E-state index is -0.513. The maximum Gasteiger partial charge on any atom is 0.358 e. The van der Waals surface area contributed by atoms with Gasteiger partial charge in [-0.3, -0.25) is 0 Å². The van der Waals surface area contributed by atoms with Crippen LogP contribution in [0.25, 0.3) is 5.82 Å². The van der Waals surface area contributed by atoms with E-state index in [-0.39, 0.29) is 5.69 Å². The van der Waals surface area contributed by atoms with Crippen molar-refractivity contribution in [2.24, 2.45) is 0 Å². The predicted octanol–water partition coefficient (Wildman–Crippen LogP) is 1.21. The molecule has 2 aromatic rings. The fourth-order valence-electron chi connectivity index (χ4n) is 1.08. The molecule has 0 amide bonds. The van der Waals surface area contributed by atoms with Crippen LogP contribution in [0.1, 0.15) is 10.5 Å². The van der Waals surface area contributed by atoms with Gasteiger partial charge >= 0.3 is 5.97 Å². The topological polar surface area (TPSA) is 69.9 Å². The number of carbonyl (C=O) groups is 1. The van der Waals surface area contributed by atoms with Crippen LogP contribution in [0.5, 0.6) is 0 Å². The van der Waals surface area contributed by atoms with Crippen LogP contribution in [0, 0.1) is 0 Å². The average molecular weight is 283 g/mol. The van der Waals surface area contributed by atoms with Gasteiger partial charge in [-0.05, 0) is 15.9 Å². The number of aromatic nitrogens is 4. The van der Waals surface area contributed by atoms with E-state index in [1.807, 2.05) is 0 Å². The first kappa shape index (κ1) is 10.7. The number of halogens is 1. The molecule has 0 aliphatic rings. The van der Waals surface area contributed by atoms with Gasteiger partial charge in [0.05, 0.1) is 30.2 Å². The lowest BCUT2D eigenvalue weighted by atomic mass is 10.4. The van der Waals surface area contributed by atoms with Crippen LogP contribution < -0.4 is 0 Å². The Balaban J connectivity index is 2.29. The van der Waals surface area contributed by atoms with Crippen molar-refractivity contribution in [3.63, 3.8) is 0 Å². The molecule has 0 aliphatic carbocycles. The van der Waals surface area contributed by atoms with Crippen LogP contribution in [0.4, 0.5) is 0 Å². The molecule has 82 valence electrons. The fraction of sp³-hybridized carbons (Fsp3) is 0.111. The molecule has 0 unspecified atom stereocenters. The summed E-state index contributed by atoms with van der Waals surface area (Å²) in [6.07, 6.45) is 6.17. The SMILES string of the molecule is COC(=O)c1cnc(-n2cc(Br)cn2)cn1. The summed E-state index contributed by atoms with van der Waals surface area (Å²) in [4.78, 5) is 19.1. The number of hydrogen-bond acceptors (Lipinski definition) is 5. The van der Waals surface area contributed by atoms with E-state index >= 15 is 0 Å². The molecule has 0 bridgehead atoms. The van der Waals surface area contributed by atoms with Gasteiger partial charge in [-0.2, -0.15) is 5.10 Å². The molecule has 7 heteroatoms. The Morgan fingerprint density at radius 1 is 1.38 bits per heavy atom. The highest BCUT2D eigenvalue weighted by atomic mass is 79.9. The number of methoxy groups -OCH3 is 1. The summed E-state index contributed by atoms with van der Waals surface area (Å²) in [5.74, 6) is 0.0130. The summed E-state index contributed by atoms with van der Waals surface area (Å²) in [6, 6.07) is 0. The van der Waals surface area contributed by atoms with E-state index in [1.54, 1.807) is 12.4 Å². The van der Waals surface area contributed by atoms with E-state index in [0.29, 0.717) is 5.82 Å². The van der Waals surface area contributed by atoms with Crippen molar-refractivity contribution in [1.29, 1.82) is 0 Å². The molecule has 0 fully saturated rings. The highest BCUT2D eigenvalue weighted by molar-refractivity contribution is 9.10. The van der Waals surface area contributed by atoms with Gasteiger partial charge < -0.3 is 4.74 Å². The Morgan fingerprint density at radius 3 is 2.69 bits per heavy atom. The van der Waals surface area contributed by atoms with Crippen molar-refractivity contribution in [2.45, 2.75) is 0 Å². The predicted molar refractivity (Wildman–Crippen MR) is 58.2 cm³/mol. The molecule has 0 saturated carbocycles. The van der Waals surface area contributed by atoms with Crippen molar-refractivity contribution >= 4 is 21.9 Å². The van der Waals surface area contributed by atoms with Crippen LogP contribution >= 0.6 is 15.9 Å². The van der Waals surface area contributed by atoms with Crippen molar-refractivity contribution < 1.29 is 9.53 Å². The minimum Gasteiger partial charge on any atom is -0.464 e. The zero-order valence-electron chi connectivity index (χ0n) is 8.29. The number of rotatable bonds is 2. The van der Waals surface area contributed by atoms with Gasteiger partial charge in [0, 0.05) is 6.20 Å². The van der Waals surface area contributed by atoms with Crippen molar-refractivity contribution in [2.75, 3.05) is 7.11 Å². The third-order valence-corrected chi connectivity index (χ3v) is 2.23. The van der Waals surface area contributed by atoms with Gasteiger partial charge in [0.25, 0.3) is 0 Å². The third kappa shape index (κ3) is 2.08. The number of carbonyl (C=O) groups excluding carboxylic acids is 1. The largest absolute Gasteiger partial charge is 0.464 e. The van der Waals surface area contributed by atoms with Crippen LogP contribution in [0.2, 0.25) is 0 Å². The lowest BCUT2D eigenvalue weighted by molar-refractivity contribution is 0.0593. The third-order valence-electron chi connectivity index (χ3n) is 1.82. The average Bonchev–Trinajstić information content (AvgIpc) is 2.75. The van der Waals surface area contributed by atoms with E-state index < -0.39 is 5.97 Å². The van der Waals surface area contributed by atoms with Crippen molar-refractivity contribution in [1.82, 2.24) is 19.7 Å². The molecule has 0 aromatic carbocycles. The lowest BCUT2D eigenvalue weighted by Gasteiger charge is -2.00. The first-order chi connectivity index (χ1) is 7.70. The van der Waals surface area contributed by atoms with E-state index in [1.165, 1.54) is 24.2 Å². The van der Waals surface area contributed by atoms with Gasteiger partial charge in [0.2, 0.25) is 0 Å². The fourth-order valence-corrected chi connectivity index (χ4v) is 1.36. The summed E-state index contributed by atoms with van der Waals surface area (Å²) in [7, 11) is 1.29. The number of esters is 1. The first-order valence-corrected chi connectivity index (χ1v) is 5.11. The Hall–Kier alpha value is -1.76. The van der Waals surface area contributed by atoms with Crippen molar-refractivity contribution in [3.05, 3.63) is 35.0 Å². The van der Waals surface area contributed by atoms with Gasteiger partial charge in [-0.1, -0.05) is 0 Å². The normalized spacial score (nSPS) is 10.1. The van der Waals surface area contributed by atoms with Crippen LogP contribution in [-0.2, 0) is 4.74 Å². The van der Waals surface area contributed by atoms with Gasteiger partial charge in [0.15, 0.2) is 11.5 Å². The molecule has 2 aromatic heterocycles. The molecule has 0 spiro atoms. The molecule has 0 atom stereocenters. The van der Waals surface area contributed by atoms with Gasteiger partial charge in [0.1, 0.15) is 0 Å². The monoisotopic (exact) mass is 282 g/mol. The summed E-state index contributed by atoms with van der Waals surface area (Å²) < 4.78 is 6.89. The summed E-state index contributed by atoms with van der Waals surface area (Å²) >= 11 is 3.27. The second-order valence-electron chi connectivity index (χ2n) is 2.85. The van der Waals surface area contributed by atoms with Gasteiger partial charge in [-0.15, -0.1) is 0 Å². The molecule has 0 radical (unpaired) electrons. The second kappa shape index (κ2) is 4.40. The Kier molecular flexibility index (Phi) is 2.95. The molecule has 16 heavy (non-hydrogen) atoms. The number of hydrogen-bond donors (Lipinski definition) is 0. The Morgan fingerprint density at radius 2 is 2.19 bits per heavy atom. The zero-order valence-corrected chi connectivity index (χ0v) is 9.88. The molecular formula is C9H7BrN4O2. The molecule has 0 saturated heterocycles. The maximum absolute atomic E-state index is 11.1. The molecule has 6 nitrogen and oxygen atoms in total. The standard InChI is InChI=1S/C9H7BrN4O2/c1-16-9(15)7-3-12-8(4-11-7)14-5-6(10)2-13-14/h2-5H,1H3. The van der Waals surface area contributed by atoms with E-state index in [4.69, 9.17) is 0 Å². The maximum atomic E-state index is 11.1. The van der Waals surface area contributed by atoms with Crippen LogP contribution in [0.3, 0.4) is 0 Å². The van der Waals surface area contributed by atoms with E-state index in [9.17, 15) is 4.79 Å². The highest BCUT2D eigenvalue weighted by Gasteiger charge is 2.08. The lowest BCUT2D eigenvalue weighted by Crippen LogP contribution is -2.07. The summed E-state index contributed by atoms with van der Waals surface area (Å²) in [5.41, 5.74) is 0.164. The number of nitrogens with zero attached hydrogens (tertiary/aromatic N) is 4. The van der Waals surface area contributed by atoms with Crippen LogP contribution in [-0.4, -0.2) is 32.8 Å². The second-order valence-corrected chi connectivity index (χ2v) is 3.77. The molecule has 2 heterocycles. The first-order valence-electron chi connectivity index (χ1n) is 4.31. The molecular weight excluding hydrogens is 276 g/mol. The Bertz CT molecular complexity index is 508. The van der Waals surface area contributed by atoms with Gasteiger partial charge in [-0.25, -0.2) is 19.4 Å². The summed E-state index contributed by atoms with van der Waals surface area (Å²) in [6.45, 7) is 0. The summed E-state index contributed by atoms with van der Waals surface area (Å²) in [5, 5.41) is 4.03. The van der Waals surface area contributed by atoms with E-state index in [2.05, 4.69) is 35.7 Å². The van der Waals surface area contributed by atoms with Crippen molar-refractivity contribution in [3.8, 4) is 5.82 Å². The minimum absolute atomic E-state index is 0.164. The quantitative estimate of drug-likeness (QED) is 0.775. The molecule has 2 rings (SSSR count). The Labute approximate surface area is 99.4 Å². The number of ether oxygens (including phenoxy) is 1. The van der Waals surface area contributed by atoms with Crippen LogP contribution in [0.15, 0.2) is 29.3 Å². The highest BCUT2D eigenvalue weighted by Crippen LogP contribution is 2.10. The zero-order chi connectivity index (χ0) is 11.5. The molecule has 0 aliphatic heterocycles. The smallest absolute Gasteiger partial charge is 0.358 e. The van der Waals surface area contributed by atoms with E-state index in [0.717, 1.165) is 4.47 Å².